The van der Waals surface area contributed by atoms with Gasteiger partial charge in [-0.25, -0.2) is 0 Å². The Labute approximate surface area is 182 Å². The summed E-state index contributed by atoms with van der Waals surface area (Å²) in [5.41, 5.74) is 5.73. The van der Waals surface area contributed by atoms with Crippen LogP contribution >= 0.6 is 35.1 Å². The standard InChI is InChI=1S/C24H27Cl2NS/c25-21-7-6-17(14-22(21)26)16-28-27-13-8-18-15-23(9-3-10-23)24(11-12-24)20-5-2-1-4-19(18)20/h1-2,4-7,14,18,27H,3,8-13,15-16H2. The largest absolute Gasteiger partial charge is 0.264 e. The van der Waals surface area contributed by atoms with Gasteiger partial charge < -0.3 is 0 Å². The van der Waals surface area contributed by atoms with Crippen molar-refractivity contribution in [3.8, 4) is 0 Å². The van der Waals surface area contributed by atoms with Gasteiger partial charge >= 0.3 is 0 Å². The lowest BCUT2D eigenvalue weighted by molar-refractivity contribution is 0.0423. The van der Waals surface area contributed by atoms with Gasteiger partial charge in [-0.2, -0.15) is 0 Å². The second kappa shape index (κ2) is 7.54. The van der Waals surface area contributed by atoms with Crippen LogP contribution in [0.4, 0.5) is 0 Å². The van der Waals surface area contributed by atoms with Crippen molar-refractivity contribution in [3.05, 3.63) is 69.2 Å². The number of nitrogens with one attached hydrogen (secondary N) is 1. The van der Waals surface area contributed by atoms with Crippen molar-refractivity contribution in [2.75, 3.05) is 6.54 Å². The Balaban J connectivity index is 1.20. The minimum Gasteiger partial charge on any atom is -0.264 e. The second-order valence-corrected chi connectivity index (χ2v) is 10.6. The molecule has 3 aliphatic rings. The molecule has 0 amide bonds. The van der Waals surface area contributed by atoms with Crippen molar-refractivity contribution in [1.82, 2.24) is 4.72 Å². The van der Waals surface area contributed by atoms with Gasteiger partial charge in [0.05, 0.1) is 10.0 Å². The number of halogens is 2. The average Bonchev–Trinajstić information content (AvgIpc) is 3.47. The maximum Gasteiger partial charge on any atom is 0.0595 e. The van der Waals surface area contributed by atoms with Crippen LogP contribution in [0.15, 0.2) is 42.5 Å². The molecule has 0 bridgehead atoms. The number of hydrogen-bond acceptors (Lipinski definition) is 2. The zero-order valence-corrected chi connectivity index (χ0v) is 18.5. The van der Waals surface area contributed by atoms with Gasteiger partial charge in [-0.1, -0.05) is 71.9 Å². The molecule has 2 saturated carbocycles. The molecular weight excluding hydrogens is 405 g/mol. The van der Waals surface area contributed by atoms with E-state index in [0.717, 1.165) is 12.3 Å². The summed E-state index contributed by atoms with van der Waals surface area (Å²) in [5, 5.41) is 1.26. The normalized spacial score (nSPS) is 23.4. The first-order valence-corrected chi connectivity index (χ1v) is 12.3. The highest BCUT2D eigenvalue weighted by Crippen LogP contribution is 2.73. The molecule has 1 atom stereocenters. The van der Waals surface area contributed by atoms with Crippen LogP contribution in [0.3, 0.4) is 0 Å². The maximum atomic E-state index is 6.12. The highest BCUT2D eigenvalue weighted by molar-refractivity contribution is 7.96. The molecule has 1 N–H and O–H groups in total. The van der Waals surface area contributed by atoms with E-state index in [0.29, 0.717) is 26.8 Å². The van der Waals surface area contributed by atoms with Gasteiger partial charge in [-0.05, 0) is 78.7 Å². The summed E-state index contributed by atoms with van der Waals surface area (Å²) in [4.78, 5) is 0. The average molecular weight is 432 g/mol. The number of rotatable bonds is 6. The Bertz CT molecular complexity index is 873. The predicted octanol–water partition coefficient (Wildman–Crippen LogP) is 7.51. The molecular formula is C24H27Cl2NS. The minimum absolute atomic E-state index is 0.550. The van der Waals surface area contributed by atoms with E-state index in [4.69, 9.17) is 23.2 Å². The van der Waals surface area contributed by atoms with Crippen LogP contribution in [0.1, 0.15) is 67.6 Å². The summed E-state index contributed by atoms with van der Waals surface area (Å²) < 4.78 is 3.59. The van der Waals surface area contributed by atoms with Crippen LogP contribution in [-0.4, -0.2) is 6.54 Å². The van der Waals surface area contributed by atoms with E-state index in [-0.39, 0.29) is 0 Å². The summed E-state index contributed by atoms with van der Waals surface area (Å²) in [6, 6.07) is 15.3. The quantitative estimate of drug-likeness (QED) is 0.374. The predicted molar refractivity (Wildman–Crippen MR) is 121 cm³/mol. The third-order valence-electron chi connectivity index (χ3n) is 7.55. The van der Waals surface area contributed by atoms with Crippen LogP contribution in [0.2, 0.25) is 10.0 Å². The molecule has 1 nitrogen and oxygen atoms in total. The SMILES string of the molecule is Clc1ccc(CSNCCC2CC3(CCC3)C3(CC3)c3ccccc32)cc1Cl. The van der Waals surface area contributed by atoms with E-state index < -0.39 is 0 Å². The maximum absolute atomic E-state index is 6.12. The van der Waals surface area contributed by atoms with Crippen LogP contribution in [0.25, 0.3) is 0 Å². The number of hydrogen-bond donors (Lipinski definition) is 1. The summed E-state index contributed by atoms with van der Waals surface area (Å²) in [6.45, 7) is 1.05. The third kappa shape index (κ3) is 3.21. The van der Waals surface area contributed by atoms with Gasteiger partial charge in [-0.15, -0.1) is 0 Å². The van der Waals surface area contributed by atoms with Crippen molar-refractivity contribution < 1.29 is 0 Å². The van der Waals surface area contributed by atoms with E-state index in [9.17, 15) is 0 Å². The molecule has 2 fully saturated rings. The Morgan fingerprint density at radius 2 is 1.82 bits per heavy atom. The highest BCUT2D eigenvalue weighted by Gasteiger charge is 2.64. The Morgan fingerprint density at radius 3 is 2.54 bits per heavy atom. The molecule has 28 heavy (non-hydrogen) atoms. The van der Waals surface area contributed by atoms with Crippen LogP contribution in [-0.2, 0) is 11.2 Å². The van der Waals surface area contributed by atoms with Crippen LogP contribution < -0.4 is 4.72 Å². The molecule has 148 valence electrons. The van der Waals surface area contributed by atoms with E-state index in [1.807, 2.05) is 12.1 Å². The van der Waals surface area contributed by atoms with Gasteiger partial charge in [0.15, 0.2) is 0 Å². The van der Waals surface area contributed by atoms with Crippen molar-refractivity contribution >= 4 is 35.1 Å². The Morgan fingerprint density at radius 1 is 1.00 bits per heavy atom. The van der Waals surface area contributed by atoms with Crippen molar-refractivity contribution in [2.45, 2.75) is 62.0 Å². The highest BCUT2D eigenvalue weighted by atomic mass is 35.5. The summed E-state index contributed by atoms with van der Waals surface area (Å²) in [5.74, 6) is 1.62. The lowest BCUT2D eigenvalue weighted by Crippen LogP contribution is -2.46. The summed E-state index contributed by atoms with van der Waals surface area (Å²) >= 11 is 13.9. The lowest BCUT2D eigenvalue weighted by atomic mass is 9.49. The van der Waals surface area contributed by atoms with E-state index >= 15 is 0 Å². The first-order valence-electron chi connectivity index (χ1n) is 10.5. The van der Waals surface area contributed by atoms with Crippen molar-refractivity contribution in [3.63, 3.8) is 0 Å². The molecule has 0 aliphatic heterocycles. The summed E-state index contributed by atoms with van der Waals surface area (Å²) in [7, 11) is 0. The topological polar surface area (TPSA) is 12.0 Å². The van der Waals surface area contributed by atoms with Gasteiger partial charge in [0.25, 0.3) is 0 Å². The molecule has 5 rings (SSSR count). The van der Waals surface area contributed by atoms with E-state index in [1.165, 1.54) is 50.5 Å². The fourth-order valence-electron chi connectivity index (χ4n) is 5.89. The minimum atomic E-state index is 0.550. The Kier molecular flexibility index (Phi) is 5.20. The molecule has 0 saturated heterocycles. The molecule has 4 heteroatoms. The number of fused-ring (bicyclic) bond motifs is 3. The zero-order chi connectivity index (χ0) is 19.2. The van der Waals surface area contributed by atoms with Gasteiger partial charge in [0.2, 0.25) is 0 Å². The van der Waals surface area contributed by atoms with Gasteiger partial charge in [0.1, 0.15) is 0 Å². The molecule has 1 unspecified atom stereocenters. The fraction of sp³-hybridized carbons (Fsp3) is 0.500. The zero-order valence-electron chi connectivity index (χ0n) is 16.1. The van der Waals surface area contributed by atoms with Crippen molar-refractivity contribution in [2.24, 2.45) is 5.41 Å². The Hall–Kier alpha value is -0.670. The molecule has 3 aliphatic carbocycles. The lowest BCUT2D eigenvalue weighted by Gasteiger charge is -2.55. The monoisotopic (exact) mass is 431 g/mol. The fourth-order valence-corrected chi connectivity index (χ4v) is 6.92. The van der Waals surface area contributed by atoms with Crippen molar-refractivity contribution in [1.29, 1.82) is 0 Å². The molecule has 0 aromatic heterocycles. The van der Waals surface area contributed by atoms with Crippen LogP contribution in [0, 0.1) is 5.41 Å². The first-order chi connectivity index (χ1) is 13.6. The van der Waals surface area contributed by atoms with E-state index in [2.05, 4.69) is 35.1 Å². The molecule has 2 spiro atoms. The third-order valence-corrected chi connectivity index (χ3v) is 9.17. The summed E-state index contributed by atoms with van der Waals surface area (Å²) in [6.07, 6.45) is 9.83. The number of benzene rings is 2. The first kappa shape index (κ1) is 19.3. The van der Waals surface area contributed by atoms with Gasteiger partial charge in [0, 0.05) is 17.7 Å². The molecule has 2 aromatic carbocycles. The van der Waals surface area contributed by atoms with E-state index in [1.54, 1.807) is 23.1 Å². The van der Waals surface area contributed by atoms with Gasteiger partial charge in [-0.3, -0.25) is 4.72 Å². The second-order valence-electron chi connectivity index (χ2n) is 8.92. The van der Waals surface area contributed by atoms with Crippen LogP contribution in [0.5, 0.6) is 0 Å². The molecule has 0 heterocycles. The molecule has 0 radical (unpaired) electrons. The smallest absolute Gasteiger partial charge is 0.0595 e. The molecule has 2 aromatic rings.